The molecule has 200 valence electrons. The summed E-state index contributed by atoms with van der Waals surface area (Å²) in [6.07, 6.45) is 16.6. The number of hydrogen-bond acceptors (Lipinski definition) is 6. The highest BCUT2D eigenvalue weighted by atomic mass is 14.8. The fraction of sp³-hybridized carbons (Fsp3) is 0.0556. The predicted octanol–water partition coefficient (Wildman–Crippen LogP) is 7.71. The van der Waals surface area contributed by atoms with Crippen molar-refractivity contribution in [3.05, 3.63) is 157 Å². The highest BCUT2D eigenvalue weighted by Crippen LogP contribution is 2.39. The SMILES string of the molecule is C1=C(c2ccc(-c3cccc(-c4ccccn4)n3)nc2)C=C(c2cccnc2)CC1c1ccc(-c2ccccn2)nc1. The lowest BCUT2D eigenvalue weighted by molar-refractivity contribution is 0.862. The smallest absolute Gasteiger partial charge is 0.0894 e. The van der Waals surface area contributed by atoms with E-state index < -0.39 is 0 Å². The topological polar surface area (TPSA) is 77.3 Å². The van der Waals surface area contributed by atoms with Gasteiger partial charge in [0.05, 0.1) is 34.2 Å². The third kappa shape index (κ3) is 5.38. The molecular formula is C36H26N6. The Morgan fingerprint density at radius 3 is 1.83 bits per heavy atom. The first-order chi connectivity index (χ1) is 20.8. The van der Waals surface area contributed by atoms with Gasteiger partial charge in [-0.2, -0.15) is 0 Å². The second-order valence-electron chi connectivity index (χ2n) is 10.1. The molecule has 0 fully saturated rings. The minimum Gasteiger partial charge on any atom is -0.264 e. The number of pyridine rings is 6. The molecule has 6 aromatic heterocycles. The average molecular weight is 543 g/mol. The van der Waals surface area contributed by atoms with Crippen molar-refractivity contribution in [1.82, 2.24) is 29.9 Å². The minimum atomic E-state index is 0.155. The zero-order valence-electron chi connectivity index (χ0n) is 22.7. The molecule has 6 heterocycles. The Morgan fingerprint density at radius 2 is 1.19 bits per heavy atom. The number of nitrogens with zero attached hydrogens (tertiary/aromatic N) is 6. The molecule has 7 rings (SSSR count). The Kier molecular flexibility index (Phi) is 6.92. The van der Waals surface area contributed by atoms with Crippen molar-refractivity contribution in [2.75, 3.05) is 0 Å². The Bertz CT molecular complexity index is 1870. The molecule has 0 aliphatic heterocycles. The second-order valence-corrected chi connectivity index (χ2v) is 10.1. The normalized spacial score (nSPS) is 14.6. The third-order valence-electron chi connectivity index (χ3n) is 7.36. The molecule has 6 heteroatoms. The van der Waals surface area contributed by atoms with Gasteiger partial charge in [0.25, 0.3) is 0 Å². The first-order valence-electron chi connectivity index (χ1n) is 13.9. The summed E-state index contributed by atoms with van der Waals surface area (Å²) < 4.78 is 0. The van der Waals surface area contributed by atoms with Gasteiger partial charge in [-0.05, 0) is 88.9 Å². The largest absolute Gasteiger partial charge is 0.264 e. The van der Waals surface area contributed by atoms with E-state index in [9.17, 15) is 0 Å². The molecule has 0 spiro atoms. The Balaban J connectivity index is 1.21. The highest BCUT2D eigenvalue weighted by molar-refractivity contribution is 5.87. The molecule has 0 aromatic carbocycles. The fourth-order valence-corrected chi connectivity index (χ4v) is 5.20. The zero-order chi connectivity index (χ0) is 28.1. The van der Waals surface area contributed by atoms with Gasteiger partial charge in [-0.25, -0.2) is 4.98 Å². The third-order valence-corrected chi connectivity index (χ3v) is 7.36. The maximum absolute atomic E-state index is 4.82. The van der Waals surface area contributed by atoms with Crippen LogP contribution in [0, 0.1) is 0 Å². The van der Waals surface area contributed by atoms with Gasteiger partial charge in [0.1, 0.15) is 0 Å². The number of rotatable bonds is 6. The van der Waals surface area contributed by atoms with Gasteiger partial charge in [-0.15, -0.1) is 0 Å². The fourth-order valence-electron chi connectivity index (χ4n) is 5.20. The van der Waals surface area contributed by atoms with Crippen LogP contribution in [0.3, 0.4) is 0 Å². The van der Waals surface area contributed by atoms with E-state index in [1.54, 1.807) is 18.6 Å². The first-order valence-corrected chi connectivity index (χ1v) is 13.9. The van der Waals surface area contributed by atoms with Crippen LogP contribution in [0.15, 0.2) is 140 Å². The van der Waals surface area contributed by atoms with Gasteiger partial charge in [0, 0.05) is 43.1 Å². The first kappa shape index (κ1) is 25.4. The lowest BCUT2D eigenvalue weighted by atomic mass is 9.82. The van der Waals surface area contributed by atoms with E-state index in [1.165, 1.54) is 5.57 Å². The molecule has 0 N–H and O–H groups in total. The zero-order valence-corrected chi connectivity index (χ0v) is 22.7. The van der Waals surface area contributed by atoms with Crippen molar-refractivity contribution < 1.29 is 0 Å². The molecule has 0 bridgehead atoms. The number of allylic oxidation sites excluding steroid dienone is 4. The number of hydrogen-bond donors (Lipinski definition) is 0. The van der Waals surface area contributed by atoms with Crippen LogP contribution in [0.4, 0.5) is 0 Å². The highest BCUT2D eigenvalue weighted by Gasteiger charge is 2.20. The van der Waals surface area contributed by atoms with Gasteiger partial charge in [0.2, 0.25) is 0 Å². The quantitative estimate of drug-likeness (QED) is 0.214. The molecule has 6 nitrogen and oxygen atoms in total. The van der Waals surface area contributed by atoms with Gasteiger partial charge in [-0.3, -0.25) is 24.9 Å². The summed E-state index contributed by atoms with van der Waals surface area (Å²) in [6, 6.07) is 30.1. The molecule has 1 aliphatic rings. The van der Waals surface area contributed by atoms with Crippen molar-refractivity contribution in [1.29, 1.82) is 0 Å². The van der Waals surface area contributed by atoms with Gasteiger partial charge in [0.15, 0.2) is 0 Å². The molecule has 0 saturated heterocycles. The van der Waals surface area contributed by atoms with Crippen molar-refractivity contribution in [3.63, 3.8) is 0 Å². The minimum absolute atomic E-state index is 0.155. The maximum atomic E-state index is 4.82. The summed E-state index contributed by atoms with van der Waals surface area (Å²) in [7, 11) is 0. The van der Waals surface area contributed by atoms with Crippen LogP contribution in [-0.4, -0.2) is 29.9 Å². The monoisotopic (exact) mass is 542 g/mol. The molecular weight excluding hydrogens is 516 g/mol. The summed E-state index contributed by atoms with van der Waals surface area (Å²) in [6.45, 7) is 0. The van der Waals surface area contributed by atoms with Crippen molar-refractivity contribution in [2.24, 2.45) is 0 Å². The van der Waals surface area contributed by atoms with Crippen molar-refractivity contribution >= 4 is 11.1 Å². The molecule has 1 atom stereocenters. The van der Waals surface area contributed by atoms with Crippen molar-refractivity contribution in [3.8, 4) is 34.2 Å². The van der Waals surface area contributed by atoms with Crippen LogP contribution in [0.2, 0.25) is 0 Å². The van der Waals surface area contributed by atoms with Gasteiger partial charge < -0.3 is 0 Å². The molecule has 42 heavy (non-hydrogen) atoms. The maximum Gasteiger partial charge on any atom is 0.0894 e. The predicted molar refractivity (Wildman–Crippen MR) is 166 cm³/mol. The Labute approximate surface area is 244 Å². The van der Waals surface area contributed by atoms with E-state index in [-0.39, 0.29) is 5.92 Å². The molecule has 1 unspecified atom stereocenters. The molecule has 1 aliphatic carbocycles. The average Bonchev–Trinajstić information content (AvgIpc) is 3.09. The summed E-state index contributed by atoms with van der Waals surface area (Å²) in [5.74, 6) is 0.155. The van der Waals surface area contributed by atoms with E-state index in [1.807, 2.05) is 85.3 Å². The molecule has 6 aromatic rings. The van der Waals surface area contributed by atoms with Gasteiger partial charge >= 0.3 is 0 Å². The summed E-state index contributed by atoms with van der Waals surface area (Å²) in [5, 5.41) is 0. The van der Waals surface area contributed by atoms with E-state index in [2.05, 4.69) is 51.4 Å². The van der Waals surface area contributed by atoms with Gasteiger partial charge in [-0.1, -0.05) is 48.6 Å². The Morgan fingerprint density at radius 1 is 0.500 bits per heavy atom. The van der Waals surface area contributed by atoms with E-state index in [0.717, 1.165) is 62.8 Å². The second kappa shape index (κ2) is 11.5. The molecule has 0 saturated carbocycles. The molecule has 0 amide bonds. The summed E-state index contributed by atoms with van der Waals surface area (Å²) >= 11 is 0. The van der Waals surface area contributed by atoms with Crippen molar-refractivity contribution in [2.45, 2.75) is 12.3 Å². The number of aromatic nitrogens is 6. The summed E-state index contributed by atoms with van der Waals surface area (Å²) in [4.78, 5) is 27.6. The van der Waals surface area contributed by atoms with E-state index >= 15 is 0 Å². The molecule has 0 radical (unpaired) electrons. The van der Waals surface area contributed by atoms with Crippen LogP contribution in [0.25, 0.3) is 45.3 Å². The van der Waals surface area contributed by atoms with Crippen LogP contribution in [0.1, 0.15) is 29.0 Å². The lowest BCUT2D eigenvalue weighted by Gasteiger charge is -2.23. The van der Waals surface area contributed by atoms with E-state index in [4.69, 9.17) is 15.0 Å². The Hall–Kier alpha value is -5.62. The summed E-state index contributed by atoms with van der Waals surface area (Å²) in [5.41, 5.74) is 10.7. The van der Waals surface area contributed by atoms with Crippen LogP contribution in [-0.2, 0) is 0 Å². The van der Waals surface area contributed by atoms with Crippen LogP contribution >= 0.6 is 0 Å². The standard InChI is InChI=1S/C36H26N6/c1-3-17-38-31(8-1)33-14-12-26(23-40-33)29-19-28(25-7-6-16-37-22-25)20-30(21-29)27-13-15-34(41-24-27)36-11-5-10-35(42-36)32-9-2-4-18-39-32/h1-18,20-24,29H,19H2. The lowest BCUT2D eigenvalue weighted by Crippen LogP contribution is -2.05. The van der Waals surface area contributed by atoms with Crippen LogP contribution in [0.5, 0.6) is 0 Å². The van der Waals surface area contributed by atoms with E-state index in [0.29, 0.717) is 0 Å². The van der Waals surface area contributed by atoms with Crippen LogP contribution < -0.4 is 0 Å².